The molecule has 1 fully saturated rings. The fourth-order valence-electron chi connectivity index (χ4n) is 2.75. The molecule has 8 heteroatoms. The average molecular weight is 359 g/mol. The van der Waals surface area contributed by atoms with Crippen molar-refractivity contribution in [2.75, 3.05) is 51.0 Å². The molecule has 3 N–H and O–H groups in total. The molecule has 0 saturated carbocycles. The number of ether oxygens (including phenoxy) is 2. The van der Waals surface area contributed by atoms with Crippen LogP contribution in [0.5, 0.6) is 11.5 Å². The van der Waals surface area contributed by atoms with Crippen LogP contribution in [0.3, 0.4) is 0 Å². The zero-order valence-corrected chi connectivity index (χ0v) is 15.1. The third kappa shape index (κ3) is 4.74. The van der Waals surface area contributed by atoms with E-state index in [1.54, 1.807) is 19.4 Å². The Labute approximate surface area is 153 Å². The molecule has 1 aliphatic rings. The Morgan fingerprint density at radius 3 is 2.85 bits per heavy atom. The van der Waals surface area contributed by atoms with Crippen molar-refractivity contribution >= 4 is 17.5 Å². The smallest absolute Gasteiger partial charge is 0.229 e. The number of hydrogen-bond donors (Lipinski definition) is 3. The summed E-state index contributed by atoms with van der Waals surface area (Å²) in [5.41, 5.74) is 0.819. The van der Waals surface area contributed by atoms with Gasteiger partial charge < -0.3 is 25.2 Å². The monoisotopic (exact) mass is 359 g/mol. The summed E-state index contributed by atoms with van der Waals surface area (Å²) in [5.74, 6) is 2.60. The Balaban J connectivity index is 1.58. The van der Waals surface area contributed by atoms with E-state index < -0.39 is 0 Å². The highest BCUT2D eigenvalue weighted by Crippen LogP contribution is 2.31. The first kappa shape index (κ1) is 18.2. The lowest BCUT2D eigenvalue weighted by Crippen LogP contribution is -2.50. The Morgan fingerprint density at radius 2 is 2.12 bits per heavy atom. The van der Waals surface area contributed by atoms with Crippen LogP contribution in [0.1, 0.15) is 6.42 Å². The standard InChI is InChI=1S/C18H25N5O3/c1-19-17-6-7-20-18(22-17)21-13-4-5-15(25-2)16(10-13)26-9-3-8-23-11-14(24)12-23/h4-7,10,14,24H,3,8-9,11-12H2,1-2H3,(H2,19,20,21,22). The third-order valence-electron chi connectivity index (χ3n) is 4.15. The van der Waals surface area contributed by atoms with Crippen molar-refractivity contribution in [3.05, 3.63) is 30.5 Å². The van der Waals surface area contributed by atoms with Crippen LogP contribution in [0.25, 0.3) is 0 Å². The summed E-state index contributed by atoms with van der Waals surface area (Å²) in [7, 11) is 3.43. The molecule has 26 heavy (non-hydrogen) atoms. The van der Waals surface area contributed by atoms with E-state index in [-0.39, 0.29) is 6.10 Å². The van der Waals surface area contributed by atoms with Gasteiger partial charge in [0.15, 0.2) is 11.5 Å². The van der Waals surface area contributed by atoms with Crippen LogP contribution in [-0.4, -0.2) is 66.5 Å². The number of anilines is 3. The second-order valence-electron chi connectivity index (χ2n) is 6.12. The van der Waals surface area contributed by atoms with Gasteiger partial charge in [0.25, 0.3) is 0 Å². The summed E-state index contributed by atoms with van der Waals surface area (Å²) >= 11 is 0. The van der Waals surface area contributed by atoms with E-state index in [1.165, 1.54) is 0 Å². The van der Waals surface area contributed by atoms with Gasteiger partial charge in [-0.05, 0) is 24.6 Å². The molecule has 1 saturated heterocycles. The van der Waals surface area contributed by atoms with Gasteiger partial charge >= 0.3 is 0 Å². The van der Waals surface area contributed by atoms with Gasteiger partial charge in [0, 0.05) is 44.6 Å². The first-order chi connectivity index (χ1) is 12.7. The number of β-amino-alcohol motifs (C(OH)–C–C–N with tert-alkyl or cyclic N) is 1. The Hall–Kier alpha value is -2.58. The number of aromatic nitrogens is 2. The van der Waals surface area contributed by atoms with Crippen LogP contribution >= 0.6 is 0 Å². The lowest BCUT2D eigenvalue weighted by atomic mass is 10.1. The second-order valence-corrected chi connectivity index (χ2v) is 6.12. The average Bonchev–Trinajstić information content (AvgIpc) is 2.64. The molecule has 0 aliphatic carbocycles. The SMILES string of the molecule is CNc1ccnc(Nc2ccc(OC)c(OCCCN3CC(O)C3)c2)n1. The van der Waals surface area contributed by atoms with Crippen molar-refractivity contribution in [1.29, 1.82) is 0 Å². The molecule has 3 rings (SSSR count). The van der Waals surface area contributed by atoms with Gasteiger partial charge in [-0.1, -0.05) is 0 Å². The fourth-order valence-corrected chi connectivity index (χ4v) is 2.75. The lowest BCUT2D eigenvalue weighted by Gasteiger charge is -2.35. The molecule has 0 amide bonds. The number of aliphatic hydroxyl groups is 1. The maximum atomic E-state index is 9.30. The number of benzene rings is 1. The van der Waals surface area contributed by atoms with Crippen LogP contribution in [0.15, 0.2) is 30.5 Å². The van der Waals surface area contributed by atoms with Gasteiger partial charge in [-0.2, -0.15) is 4.98 Å². The van der Waals surface area contributed by atoms with E-state index >= 15 is 0 Å². The number of methoxy groups -OCH3 is 1. The molecule has 1 aliphatic heterocycles. The molecule has 1 aromatic heterocycles. The summed E-state index contributed by atoms with van der Waals surface area (Å²) in [4.78, 5) is 10.8. The minimum absolute atomic E-state index is 0.164. The molecular formula is C18H25N5O3. The number of nitrogens with one attached hydrogen (secondary N) is 2. The number of aliphatic hydroxyl groups excluding tert-OH is 1. The first-order valence-corrected chi connectivity index (χ1v) is 8.67. The van der Waals surface area contributed by atoms with Gasteiger partial charge in [-0.15, -0.1) is 0 Å². The Morgan fingerprint density at radius 1 is 1.27 bits per heavy atom. The minimum Gasteiger partial charge on any atom is -0.493 e. The van der Waals surface area contributed by atoms with Crippen LogP contribution in [-0.2, 0) is 0 Å². The summed E-state index contributed by atoms with van der Waals surface area (Å²) in [6.07, 6.45) is 2.41. The maximum absolute atomic E-state index is 9.30. The molecule has 0 radical (unpaired) electrons. The third-order valence-corrected chi connectivity index (χ3v) is 4.15. The van der Waals surface area contributed by atoms with Crippen molar-refractivity contribution in [2.45, 2.75) is 12.5 Å². The van der Waals surface area contributed by atoms with Gasteiger partial charge in [0.1, 0.15) is 5.82 Å². The highest BCUT2D eigenvalue weighted by molar-refractivity contribution is 5.60. The van der Waals surface area contributed by atoms with E-state index in [1.807, 2.05) is 25.2 Å². The molecule has 140 valence electrons. The quantitative estimate of drug-likeness (QED) is 0.583. The Kier molecular flexibility index (Phi) is 6.08. The van der Waals surface area contributed by atoms with Gasteiger partial charge in [-0.3, -0.25) is 4.90 Å². The zero-order valence-electron chi connectivity index (χ0n) is 15.1. The van der Waals surface area contributed by atoms with Crippen molar-refractivity contribution in [2.24, 2.45) is 0 Å². The predicted octanol–water partition coefficient (Wildman–Crippen LogP) is 1.72. The van der Waals surface area contributed by atoms with Crippen LogP contribution in [0, 0.1) is 0 Å². The maximum Gasteiger partial charge on any atom is 0.229 e. The van der Waals surface area contributed by atoms with Crippen LogP contribution in [0.2, 0.25) is 0 Å². The number of likely N-dealkylation sites (tertiary alicyclic amines) is 1. The molecule has 0 unspecified atom stereocenters. The predicted molar refractivity (Wildman–Crippen MR) is 100 cm³/mol. The van der Waals surface area contributed by atoms with E-state index in [2.05, 4.69) is 25.5 Å². The zero-order chi connectivity index (χ0) is 18.4. The summed E-state index contributed by atoms with van der Waals surface area (Å²) in [6, 6.07) is 7.42. The van der Waals surface area contributed by atoms with Gasteiger partial charge in [0.05, 0.1) is 19.8 Å². The van der Waals surface area contributed by atoms with Crippen molar-refractivity contribution in [1.82, 2.24) is 14.9 Å². The largest absolute Gasteiger partial charge is 0.493 e. The van der Waals surface area contributed by atoms with E-state index in [0.717, 1.165) is 37.6 Å². The summed E-state index contributed by atoms with van der Waals surface area (Å²) < 4.78 is 11.3. The number of hydrogen-bond acceptors (Lipinski definition) is 8. The fraction of sp³-hybridized carbons (Fsp3) is 0.444. The molecule has 0 spiro atoms. The molecule has 1 aromatic carbocycles. The second kappa shape index (κ2) is 8.68. The van der Waals surface area contributed by atoms with Crippen LogP contribution in [0.4, 0.5) is 17.5 Å². The summed E-state index contributed by atoms with van der Waals surface area (Å²) in [6.45, 7) is 3.02. The highest BCUT2D eigenvalue weighted by atomic mass is 16.5. The van der Waals surface area contributed by atoms with Crippen molar-refractivity contribution < 1.29 is 14.6 Å². The first-order valence-electron chi connectivity index (χ1n) is 8.67. The molecule has 8 nitrogen and oxygen atoms in total. The molecule has 0 atom stereocenters. The van der Waals surface area contributed by atoms with Gasteiger partial charge in [-0.25, -0.2) is 4.98 Å². The molecule has 0 bridgehead atoms. The topological polar surface area (TPSA) is 91.8 Å². The molecular weight excluding hydrogens is 334 g/mol. The van der Waals surface area contributed by atoms with Crippen molar-refractivity contribution in [3.8, 4) is 11.5 Å². The van der Waals surface area contributed by atoms with E-state index in [9.17, 15) is 5.11 Å². The van der Waals surface area contributed by atoms with Crippen molar-refractivity contribution in [3.63, 3.8) is 0 Å². The lowest BCUT2D eigenvalue weighted by molar-refractivity contribution is 0.0000180. The minimum atomic E-state index is -0.164. The Bertz CT molecular complexity index is 722. The normalized spacial score (nSPS) is 14.6. The number of rotatable bonds is 9. The van der Waals surface area contributed by atoms with E-state index in [0.29, 0.717) is 24.1 Å². The number of nitrogens with zero attached hydrogens (tertiary/aromatic N) is 3. The molecule has 2 aromatic rings. The summed E-state index contributed by atoms with van der Waals surface area (Å²) in [5, 5.41) is 15.4. The van der Waals surface area contributed by atoms with Gasteiger partial charge in [0.2, 0.25) is 5.95 Å². The van der Waals surface area contributed by atoms with E-state index in [4.69, 9.17) is 9.47 Å². The highest BCUT2D eigenvalue weighted by Gasteiger charge is 2.23. The molecule has 2 heterocycles. The van der Waals surface area contributed by atoms with Crippen LogP contribution < -0.4 is 20.1 Å².